The summed E-state index contributed by atoms with van der Waals surface area (Å²) in [7, 11) is 0. The zero-order valence-corrected chi connectivity index (χ0v) is 8.27. The molecule has 0 saturated heterocycles. The highest BCUT2D eigenvalue weighted by Gasteiger charge is 2.20. The smallest absolute Gasteiger partial charge is 0.125 e. The number of alkyl halides is 1. The highest BCUT2D eigenvalue weighted by atomic mass is 35.5. The van der Waals surface area contributed by atoms with Crippen LogP contribution in [0.1, 0.15) is 20.3 Å². The molecule has 2 unspecified atom stereocenters. The van der Waals surface area contributed by atoms with Gasteiger partial charge in [-0.2, -0.15) is 0 Å². The van der Waals surface area contributed by atoms with E-state index >= 15 is 0 Å². The third kappa shape index (κ3) is 3.96. The topological polar surface area (TPSA) is 29.5 Å². The van der Waals surface area contributed by atoms with Crippen LogP contribution in [0.2, 0.25) is 0 Å². The van der Waals surface area contributed by atoms with Crippen molar-refractivity contribution in [1.29, 1.82) is 0 Å². The molecular formula is C9H15ClO2. The zero-order chi connectivity index (χ0) is 9.61. The van der Waals surface area contributed by atoms with Crippen LogP contribution in [0.15, 0.2) is 0 Å². The molecule has 3 heteroatoms. The molecule has 0 aromatic carbocycles. The van der Waals surface area contributed by atoms with E-state index in [1.807, 2.05) is 13.8 Å². The van der Waals surface area contributed by atoms with Crippen molar-refractivity contribution in [2.75, 3.05) is 12.5 Å². The summed E-state index contributed by atoms with van der Waals surface area (Å²) in [6.45, 7) is 3.94. The molecule has 0 fully saturated rings. The van der Waals surface area contributed by atoms with Gasteiger partial charge >= 0.3 is 0 Å². The predicted molar refractivity (Wildman–Crippen MR) is 50.2 cm³/mol. The molecule has 0 aliphatic carbocycles. The van der Waals surface area contributed by atoms with Crippen LogP contribution in [0, 0.1) is 12.3 Å². The number of terminal acetylenes is 1. The summed E-state index contributed by atoms with van der Waals surface area (Å²) in [5.74, 6) is 2.70. The minimum absolute atomic E-state index is 0.171. The van der Waals surface area contributed by atoms with E-state index in [1.54, 1.807) is 0 Å². The third-order valence-corrected chi connectivity index (χ3v) is 2.11. The average molecular weight is 191 g/mol. The summed E-state index contributed by atoms with van der Waals surface area (Å²) in [6, 6.07) is 0. The van der Waals surface area contributed by atoms with Crippen molar-refractivity contribution in [1.82, 2.24) is 0 Å². The second-order valence-electron chi connectivity index (χ2n) is 2.85. The van der Waals surface area contributed by atoms with Gasteiger partial charge in [0.15, 0.2) is 0 Å². The first-order valence-corrected chi connectivity index (χ1v) is 4.47. The number of hydrogen-bond acceptors (Lipinski definition) is 2. The van der Waals surface area contributed by atoms with Gasteiger partial charge in [-0.15, -0.1) is 18.0 Å². The highest BCUT2D eigenvalue weighted by Crippen LogP contribution is 2.13. The first kappa shape index (κ1) is 11.8. The van der Waals surface area contributed by atoms with Crippen LogP contribution < -0.4 is 0 Å². The molecule has 70 valence electrons. The van der Waals surface area contributed by atoms with Gasteiger partial charge in [0.05, 0.1) is 18.6 Å². The van der Waals surface area contributed by atoms with E-state index in [-0.39, 0.29) is 12.5 Å². The van der Waals surface area contributed by atoms with Crippen LogP contribution in [-0.2, 0) is 4.74 Å². The molecule has 0 aliphatic heterocycles. The molecular weight excluding hydrogens is 176 g/mol. The van der Waals surface area contributed by atoms with Gasteiger partial charge in [-0.25, -0.2) is 0 Å². The highest BCUT2D eigenvalue weighted by molar-refractivity contribution is 6.18. The maximum atomic E-state index is 9.09. The predicted octanol–water partition coefficient (Wildman–Crippen LogP) is 1.40. The molecule has 0 heterocycles. The van der Waals surface area contributed by atoms with Crippen molar-refractivity contribution in [2.24, 2.45) is 0 Å². The fourth-order valence-corrected chi connectivity index (χ4v) is 0.660. The molecule has 0 aromatic heterocycles. The van der Waals surface area contributed by atoms with Crippen molar-refractivity contribution in [3.8, 4) is 12.3 Å². The van der Waals surface area contributed by atoms with Crippen molar-refractivity contribution >= 4 is 11.6 Å². The van der Waals surface area contributed by atoms with Gasteiger partial charge in [-0.1, -0.05) is 12.8 Å². The van der Waals surface area contributed by atoms with Gasteiger partial charge in [-0.05, 0) is 13.3 Å². The quantitative estimate of drug-likeness (QED) is 0.525. The standard InChI is InChI=1S/C9H15ClO2/c1-4-9(3,5-2)12-7-8(11)6-10/h1,8,11H,5-7H2,2-3H3. The van der Waals surface area contributed by atoms with Gasteiger partial charge in [0.2, 0.25) is 0 Å². The molecule has 0 amide bonds. The minimum Gasteiger partial charge on any atom is -0.389 e. The average Bonchev–Trinajstić information content (AvgIpc) is 2.13. The monoisotopic (exact) mass is 190 g/mol. The Morgan fingerprint density at radius 3 is 2.67 bits per heavy atom. The molecule has 2 nitrogen and oxygen atoms in total. The summed E-state index contributed by atoms with van der Waals surface area (Å²) in [5.41, 5.74) is -0.576. The lowest BCUT2D eigenvalue weighted by Crippen LogP contribution is -2.30. The molecule has 0 aromatic rings. The Hall–Kier alpha value is -0.230. The number of hydrogen-bond donors (Lipinski definition) is 1. The Balaban J connectivity index is 3.83. The van der Waals surface area contributed by atoms with Crippen molar-refractivity contribution in [2.45, 2.75) is 32.0 Å². The molecule has 0 bridgehead atoms. The maximum Gasteiger partial charge on any atom is 0.125 e. The van der Waals surface area contributed by atoms with Crippen LogP contribution in [0.5, 0.6) is 0 Å². The number of ether oxygens (including phenoxy) is 1. The molecule has 0 radical (unpaired) electrons. The fraction of sp³-hybridized carbons (Fsp3) is 0.778. The van der Waals surface area contributed by atoms with E-state index in [9.17, 15) is 0 Å². The Morgan fingerprint density at radius 2 is 2.33 bits per heavy atom. The zero-order valence-electron chi connectivity index (χ0n) is 7.51. The Bertz CT molecular complexity index is 164. The van der Waals surface area contributed by atoms with E-state index in [1.165, 1.54) is 0 Å². The number of aliphatic hydroxyl groups excluding tert-OH is 1. The summed E-state index contributed by atoms with van der Waals surface area (Å²) >= 11 is 5.39. The normalized spacial score (nSPS) is 17.9. The lowest BCUT2D eigenvalue weighted by atomic mass is 10.1. The van der Waals surface area contributed by atoms with Gasteiger partial charge < -0.3 is 9.84 Å². The third-order valence-electron chi connectivity index (χ3n) is 1.75. The fourth-order valence-electron chi connectivity index (χ4n) is 0.570. The van der Waals surface area contributed by atoms with Crippen LogP contribution in [0.3, 0.4) is 0 Å². The Labute approximate surface area is 78.9 Å². The lowest BCUT2D eigenvalue weighted by Gasteiger charge is -2.23. The molecule has 1 N–H and O–H groups in total. The number of halogens is 1. The Kier molecular flexibility index (Phi) is 5.32. The van der Waals surface area contributed by atoms with Gasteiger partial charge in [0.1, 0.15) is 5.60 Å². The van der Waals surface area contributed by atoms with Crippen molar-refractivity contribution in [3.63, 3.8) is 0 Å². The Morgan fingerprint density at radius 1 is 1.75 bits per heavy atom. The molecule has 12 heavy (non-hydrogen) atoms. The number of rotatable bonds is 5. The lowest BCUT2D eigenvalue weighted by molar-refractivity contribution is -0.0324. The SMILES string of the molecule is C#CC(C)(CC)OCC(O)CCl. The van der Waals surface area contributed by atoms with Gasteiger partial charge in [0.25, 0.3) is 0 Å². The van der Waals surface area contributed by atoms with Crippen LogP contribution in [0.25, 0.3) is 0 Å². The van der Waals surface area contributed by atoms with E-state index in [0.717, 1.165) is 6.42 Å². The summed E-state index contributed by atoms with van der Waals surface area (Å²) in [6.07, 6.45) is 5.34. The maximum absolute atomic E-state index is 9.09. The van der Waals surface area contributed by atoms with Crippen molar-refractivity contribution in [3.05, 3.63) is 0 Å². The number of aliphatic hydroxyl groups is 1. The largest absolute Gasteiger partial charge is 0.389 e. The molecule has 2 atom stereocenters. The van der Waals surface area contributed by atoms with Crippen molar-refractivity contribution < 1.29 is 9.84 Å². The first-order chi connectivity index (χ1) is 5.58. The minimum atomic E-state index is -0.633. The van der Waals surface area contributed by atoms with E-state index in [2.05, 4.69) is 5.92 Å². The van der Waals surface area contributed by atoms with E-state index < -0.39 is 11.7 Å². The van der Waals surface area contributed by atoms with Crippen LogP contribution in [0.4, 0.5) is 0 Å². The van der Waals surface area contributed by atoms with Gasteiger partial charge in [0, 0.05) is 0 Å². The second-order valence-corrected chi connectivity index (χ2v) is 3.16. The molecule has 0 spiro atoms. The first-order valence-electron chi connectivity index (χ1n) is 3.93. The van der Waals surface area contributed by atoms with Crippen LogP contribution >= 0.6 is 11.6 Å². The summed E-state index contributed by atoms with van der Waals surface area (Å²) in [5, 5.41) is 9.09. The second kappa shape index (κ2) is 5.42. The van der Waals surface area contributed by atoms with E-state index in [0.29, 0.717) is 0 Å². The van der Waals surface area contributed by atoms with E-state index in [4.69, 9.17) is 27.9 Å². The van der Waals surface area contributed by atoms with Crippen LogP contribution in [-0.4, -0.2) is 29.3 Å². The molecule has 0 rings (SSSR count). The summed E-state index contributed by atoms with van der Waals surface area (Å²) < 4.78 is 5.31. The molecule has 0 saturated carbocycles. The summed E-state index contributed by atoms with van der Waals surface area (Å²) in [4.78, 5) is 0. The molecule has 0 aliphatic rings. The van der Waals surface area contributed by atoms with Gasteiger partial charge in [-0.3, -0.25) is 0 Å².